The van der Waals surface area contributed by atoms with E-state index in [1.807, 2.05) is 4.90 Å². The monoisotopic (exact) mass is 355 g/mol. The van der Waals surface area contributed by atoms with Crippen molar-refractivity contribution in [1.29, 1.82) is 0 Å². The van der Waals surface area contributed by atoms with Crippen LogP contribution in [0.5, 0.6) is 0 Å². The van der Waals surface area contributed by atoms with Crippen LogP contribution in [0.4, 0.5) is 8.78 Å². The van der Waals surface area contributed by atoms with Gasteiger partial charge in [0.1, 0.15) is 0 Å². The molecular formula is C22H23F2NO. The number of carbonyl (C=O) groups excluding carboxylic acids is 1. The zero-order valence-corrected chi connectivity index (χ0v) is 15.1. The van der Waals surface area contributed by atoms with Crippen molar-refractivity contribution in [2.75, 3.05) is 6.54 Å². The van der Waals surface area contributed by atoms with E-state index in [0.717, 1.165) is 37.4 Å². The van der Waals surface area contributed by atoms with Crippen LogP contribution in [0, 0.1) is 31.4 Å². The fraction of sp³-hybridized carbons (Fsp3) is 0.409. The van der Waals surface area contributed by atoms with Crippen LogP contribution in [0.15, 0.2) is 36.4 Å². The van der Waals surface area contributed by atoms with E-state index < -0.39 is 11.6 Å². The lowest BCUT2D eigenvalue weighted by molar-refractivity contribution is -0.133. The maximum absolute atomic E-state index is 13.5. The topological polar surface area (TPSA) is 20.3 Å². The lowest BCUT2D eigenvalue weighted by Crippen LogP contribution is -2.32. The highest BCUT2D eigenvalue weighted by Crippen LogP contribution is 2.50. The van der Waals surface area contributed by atoms with Crippen molar-refractivity contribution in [3.05, 3.63) is 70.3 Å². The summed E-state index contributed by atoms with van der Waals surface area (Å²) in [6.45, 7) is 4.94. The number of nitrogens with zero attached hydrogens (tertiary/aromatic N) is 1. The van der Waals surface area contributed by atoms with Crippen molar-refractivity contribution < 1.29 is 13.6 Å². The summed E-state index contributed by atoms with van der Waals surface area (Å²) in [6.07, 6.45) is 2.71. The van der Waals surface area contributed by atoms with Gasteiger partial charge in [0.2, 0.25) is 5.91 Å². The largest absolute Gasteiger partial charge is 0.335 e. The Labute approximate surface area is 152 Å². The first-order chi connectivity index (χ1) is 12.4. The highest BCUT2D eigenvalue weighted by Gasteiger charge is 2.48. The number of hydrogen-bond donors (Lipinski definition) is 0. The molecule has 0 aromatic heterocycles. The summed E-state index contributed by atoms with van der Waals surface area (Å²) in [5, 5.41) is 0. The third kappa shape index (κ3) is 3.13. The first-order valence-electron chi connectivity index (χ1n) is 9.27. The molecule has 1 saturated heterocycles. The van der Waals surface area contributed by atoms with Crippen LogP contribution in [0.1, 0.15) is 53.5 Å². The van der Waals surface area contributed by atoms with Crippen LogP contribution in [-0.4, -0.2) is 17.4 Å². The Balaban J connectivity index is 1.52. The van der Waals surface area contributed by atoms with E-state index in [-0.39, 0.29) is 23.8 Å². The zero-order valence-electron chi connectivity index (χ0n) is 15.1. The molecule has 2 aromatic carbocycles. The molecule has 0 bridgehead atoms. The van der Waals surface area contributed by atoms with Gasteiger partial charge in [-0.15, -0.1) is 0 Å². The van der Waals surface area contributed by atoms with Crippen LogP contribution in [0.2, 0.25) is 0 Å². The lowest BCUT2D eigenvalue weighted by Gasteiger charge is -2.26. The van der Waals surface area contributed by atoms with Crippen molar-refractivity contribution in [2.24, 2.45) is 5.92 Å². The predicted octanol–water partition coefficient (Wildman–Crippen LogP) is 5.05. The Bertz CT molecular complexity index is 843. The summed E-state index contributed by atoms with van der Waals surface area (Å²) < 4.78 is 26.6. The van der Waals surface area contributed by atoms with E-state index in [9.17, 15) is 13.6 Å². The van der Waals surface area contributed by atoms with Gasteiger partial charge in [-0.3, -0.25) is 4.79 Å². The molecule has 3 atom stereocenters. The van der Waals surface area contributed by atoms with Crippen LogP contribution >= 0.6 is 0 Å². The molecule has 26 heavy (non-hydrogen) atoms. The molecule has 136 valence electrons. The SMILES string of the molecule is Cc1cc(C)cc(C2CCCN2C(=O)C2CC2c2ccc(F)c(F)c2)c1. The molecule has 1 aliphatic carbocycles. The van der Waals surface area contributed by atoms with Crippen molar-refractivity contribution in [2.45, 2.75) is 45.1 Å². The van der Waals surface area contributed by atoms with E-state index in [2.05, 4.69) is 32.0 Å². The molecule has 1 amide bonds. The minimum atomic E-state index is -0.841. The highest BCUT2D eigenvalue weighted by atomic mass is 19.2. The Morgan fingerprint density at radius 2 is 1.73 bits per heavy atom. The van der Waals surface area contributed by atoms with Gasteiger partial charge in [0.25, 0.3) is 0 Å². The van der Waals surface area contributed by atoms with Gasteiger partial charge in [-0.2, -0.15) is 0 Å². The molecule has 0 N–H and O–H groups in total. The molecule has 0 spiro atoms. The fourth-order valence-electron chi connectivity index (χ4n) is 4.37. The van der Waals surface area contributed by atoms with Gasteiger partial charge >= 0.3 is 0 Å². The van der Waals surface area contributed by atoms with Gasteiger partial charge < -0.3 is 4.90 Å². The predicted molar refractivity (Wildman–Crippen MR) is 96.8 cm³/mol. The second-order valence-corrected chi connectivity index (χ2v) is 7.73. The summed E-state index contributed by atoms with van der Waals surface area (Å²) in [6, 6.07) is 10.6. The number of hydrogen-bond acceptors (Lipinski definition) is 1. The normalized spacial score (nSPS) is 24.8. The molecule has 0 radical (unpaired) electrons. The number of carbonyl (C=O) groups is 1. The zero-order chi connectivity index (χ0) is 18.4. The molecule has 2 fully saturated rings. The lowest BCUT2D eigenvalue weighted by atomic mass is 9.99. The average molecular weight is 355 g/mol. The molecule has 1 heterocycles. The highest BCUT2D eigenvalue weighted by molar-refractivity contribution is 5.83. The Hall–Kier alpha value is -2.23. The van der Waals surface area contributed by atoms with Crippen molar-refractivity contribution in [1.82, 2.24) is 4.90 Å². The maximum Gasteiger partial charge on any atom is 0.226 e. The summed E-state index contributed by atoms with van der Waals surface area (Å²) >= 11 is 0. The molecule has 2 nitrogen and oxygen atoms in total. The summed E-state index contributed by atoms with van der Waals surface area (Å²) in [4.78, 5) is 15.1. The minimum Gasteiger partial charge on any atom is -0.335 e. The summed E-state index contributed by atoms with van der Waals surface area (Å²) in [5.41, 5.74) is 4.36. The molecular weight excluding hydrogens is 332 g/mol. The quantitative estimate of drug-likeness (QED) is 0.754. The van der Waals surface area contributed by atoms with Crippen molar-refractivity contribution in [3.8, 4) is 0 Å². The van der Waals surface area contributed by atoms with Gasteiger partial charge in [0.15, 0.2) is 11.6 Å². The van der Waals surface area contributed by atoms with E-state index >= 15 is 0 Å². The van der Waals surface area contributed by atoms with E-state index in [1.54, 1.807) is 6.07 Å². The molecule has 4 heteroatoms. The first kappa shape index (κ1) is 17.2. The van der Waals surface area contributed by atoms with E-state index in [4.69, 9.17) is 0 Å². The second-order valence-electron chi connectivity index (χ2n) is 7.73. The van der Waals surface area contributed by atoms with Crippen LogP contribution < -0.4 is 0 Å². The molecule has 1 aliphatic heterocycles. The third-order valence-electron chi connectivity index (χ3n) is 5.64. The Morgan fingerprint density at radius 1 is 1.00 bits per heavy atom. The van der Waals surface area contributed by atoms with Gasteiger partial charge in [0.05, 0.1) is 6.04 Å². The fourth-order valence-corrected chi connectivity index (χ4v) is 4.37. The Kier molecular flexibility index (Phi) is 4.29. The van der Waals surface area contributed by atoms with Gasteiger partial charge in [-0.25, -0.2) is 8.78 Å². The first-order valence-corrected chi connectivity index (χ1v) is 9.27. The second kappa shape index (κ2) is 6.49. The summed E-state index contributed by atoms with van der Waals surface area (Å²) in [5.74, 6) is -1.62. The molecule has 2 aromatic rings. The number of amides is 1. The standard InChI is InChI=1S/C22H23F2NO/c1-13-8-14(2)10-16(9-13)21-4-3-7-25(21)22(26)18-12-17(18)15-5-6-19(23)20(24)11-15/h5-6,8-11,17-18,21H,3-4,7,12H2,1-2H3. The number of likely N-dealkylation sites (tertiary alicyclic amines) is 1. The Morgan fingerprint density at radius 3 is 2.42 bits per heavy atom. The third-order valence-corrected chi connectivity index (χ3v) is 5.64. The van der Waals surface area contributed by atoms with Gasteiger partial charge in [0, 0.05) is 12.5 Å². The van der Waals surface area contributed by atoms with Crippen molar-refractivity contribution in [3.63, 3.8) is 0 Å². The van der Waals surface area contributed by atoms with Gasteiger partial charge in [-0.1, -0.05) is 35.4 Å². The minimum absolute atomic E-state index is 0.0121. The average Bonchev–Trinajstić information content (AvgIpc) is 3.23. The maximum atomic E-state index is 13.5. The van der Waals surface area contributed by atoms with Crippen molar-refractivity contribution >= 4 is 5.91 Å². The number of aryl methyl sites for hydroxylation is 2. The van der Waals surface area contributed by atoms with E-state index in [1.165, 1.54) is 22.8 Å². The number of benzene rings is 2. The molecule has 1 saturated carbocycles. The number of halogens is 2. The number of rotatable bonds is 3. The van der Waals surface area contributed by atoms with Crippen LogP contribution in [0.3, 0.4) is 0 Å². The molecule has 2 aliphatic rings. The molecule has 4 rings (SSSR count). The summed E-state index contributed by atoms with van der Waals surface area (Å²) in [7, 11) is 0. The smallest absolute Gasteiger partial charge is 0.226 e. The van der Waals surface area contributed by atoms with Crippen LogP contribution in [-0.2, 0) is 4.79 Å². The van der Waals surface area contributed by atoms with Crippen LogP contribution in [0.25, 0.3) is 0 Å². The van der Waals surface area contributed by atoms with E-state index in [0.29, 0.717) is 0 Å². The molecule has 3 unspecified atom stereocenters. The van der Waals surface area contributed by atoms with Gasteiger partial charge in [-0.05, 0) is 62.3 Å².